The van der Waals surface area contributed by atoms with Gasteiger partial charge in [0, 0.05) is 43.2 Å². The lowest BCUT2D eigenvalue weighted by Gasteiger charge is -2.60. The van der Waals surface area contributed by atoms with Crippen LogP contribution in [0, 0.1) is 34.9 Å². The molecule has 6 rings (SSSR count). The Kier molecular flexibility index (Phi) is 13.2. The summed E-state index contributed by atoms with van der Waals surface area (Å²) in [5.74, 6) is -2.52. The van der Waals surface area contributed by atoms with Crippen LogP contribution >= 0.6 is 0 Å². The average Bonchev–Trinajstić information content (AvgIpc) is 3.20. The van der Waals surface area contributed by atoms with Gasteiger partial charge in [-0.2, -0.15) is 5.26 Å². The van der Waals surface area contributed by atoms with Crippen molar-refractivity contribution in [2.24, 2.45) is 22.9 Å². The third-order valence-corrected chi connectivity index (χ3v) is 11.3. The van der Waals surface area contributed by atoms with Gasteiger partial charge < -0.3 is 34.5 Å². The highest BCUT2D eigenvalue weighted by molar-refractivity contribution is 6.03. The molecule has 0 aromatic heterocycles. The number of phenolic OH excluding ortho intramolecular Hbond substituents is 1. The lowest BCUT2D eigenvalue weighted by molar-refractivity contribution is -0.255. The SMILES string of the molecule is C=CCOC12Oc3ccc(O)cc3C3C(CCCCO)C(CCCCO)C=C(C(=NOC(C)(C)C)CC1N(Cc1ccc(F)cc1)C(=O)c1ccc(C#N)cc1)C32. The fraction of sp³-hybridized carbons (Fsp3) is 0.457. The smallest absolute Gasteiger partial charge is 0.254 e. The van der Waals surface area contributed by atoms with E-state index in [-0.39, 0.29) is 62.2 Å². The summed E-state index contributed by atoms with van der Waals surface area (Å²) in [6.07, 6.45) is 8.43. The fourth-order valence-electron chi connectivity index (χ4n) is 8.81. The number of unbranched alkanes of at least 4 members (excludes halogenated alkanes) is 2. The van der Waals surface area contributed by atoms with E-state index in [4.69, 9.17) is 19.5 Å². The first-order chi connectivity index (χ1) is 27.4. The van der Waals surface area contributed by atoms with Crippen LogP contribution in [-0.4, -0.2) is 69.1 Å². The molecule has 1 saturated carbocycles. The number of aliphatic hydroxyl groups is 2. The molecule has 2 aliphatic carbocycles. The molecule has 0 spiro atoms. The number of allylic oxidation sites excluding steroid dienone is 1. The summed E-state index contributed by atoms with van der Waals surface area (Å²) in [5.41, 5.74) is 3.09. The zero-order chi connectivity index (χ0) is 40.7. The molecule has 3 aliphatic rings. The van der Waals surface area contributed by atoms with Gasteiger partial charge in [0.1, 0.15) is 29.0 Å². The molecular weight excluding hydrogens is 726 g/mol. The molecule has 0 radical (unpaired) electrons. The van der Waals surface area contributed by atoms with Gasteiger partial charge >= 0.3 is 0 Å². The van der Waals surface area contributed by atoms with E-state index in [9.17, 15) is 25.0 Å². The molecule has 6 unspecified atom stereocenters. The second-order valence-electron chi connectivity index (χ2n) is 16.2. The van der Waals surface area contributed by atoms with Gasteiger partial charge in [0.05, 0.1) is 29.9 Å². The van der Waals surface area contributed by atoms with E-state index in [1.165, 1.54) is 12.1 Å². The third-order valence-electron chi connectivity index (χ3n) is 11.3. The predicted octanol–water partition coefficient (Wildman–Crippen LogP) is 8.18. The number of aliphatic hydroxyl groups excluding tert-OH is 2. The van der Waals surface area contributed by atoms with E-state index in [1.807, 2.05) is 20.8 Å². The number of carbonyl (C=O) groups is 1. The second-order valence-corrected chi connectivity index (χ2v) is 16.2. The maximum Gasteiger partial charge on any atom is 0.254 e. The van der Waals surface area contributed by atoms with Crippen LogP contribution in [-0.2, 0) is 16.1 Å². The van der Waals surface area contributed by atoms with E-state index in [0.717, 1.165) is 36.8 Å². The highest BCUT2D eigenvalue weighted by Gasteiger charge is 2.65. The normalized spacial score (nSPS) is 24.3. The number of fused-ring (bicyclic) bond motifs is 2. The number of rotatable bonds is 16. The van der Waals surface area contributed by atoms with Crippen LogP contribution in [0.1, 0.15) is 98.7 Å². The Morgan fingerprint density at radius 2 is 1.75 bits per heavy atom. The summed E-state index contributed by atoms with van der Waals surface area (Å²) in [5, 5.41) is 45.0. The van der Waals surface area contributed by atoms with Crippen molar-refractivity contribution in [2.75, 3.05) is 19.8 Å². The van der Waals surface area contributed by atoms with Crippen molar-refractivity contribution < 1.29 is 38.8 Å². The van der Waals surface area contributed by atoms with Crippen LogP contribution in [0.3, 0.4) is 0 Å². The predicted molar refractivity (Wildman–Crippen MR) is 215 cm³/mol. The van der Waals surface area contributed by atoms with Gasteiger partial charge in [0.25, 0.3) is 5.91 Å². The minimum absolute atomic E-state index is 0.0107. The molecule has 1 fully saturated rings. The summed E-state index contributed by atoms with van der Waals surface area (Å²) in [6, 6.07) is 18.8. The first kappa shape index (κ1) is 41.6. The molecule has 302 valence electrons. The number of halogens is 1. The Balaban J connectivity index is 1.63. The summed E-state index contributed by atoms with van der Waals surface area (Å²) in [7, 11) is 0. The third kappa shape index (κ3) is 9.09. The summed E-state index contributed by atoms with van der Waals surface area (Å²) in [4.78, 5) is 23.0. The Hall–Kier alpha value is -5.02. The largest absolute Gasteiger partial charge is 0.508 e. The van der Waals surface area contributed by atoms with Gasteiger partial charge in [0.15, 0.2) is 0 Å². The molecule has 57 heavy (non-hydrogen) atoms. The van der Waals surface area contributed by atoms with Gasteiger partial charge in [0.2, 0.25) is 5.79 Å². The zero-order valence-electron chi connectivity index (χ0n) is 33.1. The summed E-state index contributed by atoms with van der Waals surface area (Å²) < 4.78 is 28.5. The van der Waals surface area contributed by atoms with Gasteiger partial charge in [-0.3, -0.25) is 4.79 Å². The van der Waals surface area contributed by atoms with E-state index in [0.29, 0.717) is 41.0 Å². The van der Waals surface area contributed by atoms with Gasteiger partial charge in [-0.05, 0) is 124 Å². The first-order valence-corrected chi connectivity index (χ1v) is 19.9. The van der Waals surface area contributed by atoms with Crippen LogP contribution in [0.25, 0.3) is 0 Å². The first-order valence-electron chi connectivity index (χ1n) is 19.9. The lowest BCUT2D eigenvalue weighted by atomic mass is 9.55. The Morgan fingerprint density at radius 3 is 2.40 bits per heavy atom. The van der Waals surface area contributed by atoms with Crippen LogP contribution in [0.2, 0.25) is 0 Å². The monoisotopic (exact) mass is 779 g/mol. The number of benzene rings is 3. The van der Waals surface area contributed by atoms with Crippen molar-refractivity contribution in [3.05, 3.63) is 119 Å². The van der Waals surface area contributed by atoms with Crippen LogP contribution in [0.4, 0.5) is 4.39 Å². The van der Waals surface area contributed by atoms with E-state index in [2.05, 4.69) is 18.7 Å². The van der Waals surface area contributed by atoms with Crippen molar-refractivity contribution >= 4 is 11.6 Å². The lowest BCUT2D eigenvalue weighted by Crippen LogP contribution is -2.70. The molecule has 0 saturated heterocycles. The molecule has 11 heteroatoms. The summed E-state index contributed by atoms with van der Waals surface area (Å²) in [6.45, 7) is 10.0. The Labute approximate surface area is 334 Å². The van der Waals surface area contributed by atoms with Crippen LogP contribution in [0.5, 0.6) is 11.5 Å². The topological polar surface area (TPSA) is 145 Å². The van der Waals surface area contributed by atoms with E-state index < -0.39 is 29.2 Å². The van der Waals surface area contributed by atoms with Crippen LogP contribution in [0.15, 0.2) is 96.2 Å². The standard InChI is InChI=1S/C46H54FN3O7/c1-5-24-55-46-41(50(29-31-14-18-34(47)19-15-31)44(54)32-16-12-30(28-48)13-17-32)27-39(49-57-45(2,3)4)37-25-33(10-6-8-22-51)36(11-7-9-23-52)42(43(37)46)38-26-35(53)20-21-40(38)56-46/h5,12-21,25-26,33,36,41-43,51-53H,1,6-11,22-24,27,29H2,2-4H3. The number of nitriles is 1. The zero-order valence-corrected chi connectivity index (χ0v) is 33.1. The number of carbonyl (C=O) groups excluding carboxylic acids is 1. The number of nitrogens with zero attached hydrogens (tertiary/aromatic N) is 3. The van der Waals surface area contributed by atoms with Crippen molar-refractivity contribution in [1.82, 2.24) is 4.90 Å². The van der Waals surface area contributed by atoms with E-state index in [1.54, 1.807) is 65.6 Å². The molecule has 3 aromatic carbocycles. The molecule has 0 bridgehead atoms. The molecule has 6 atom stereocenters. The molecule has 1 aliphatic heterocycles. The van der Waals surface area contributed by atoms with Crippen LogP contribution < -0.4 is 4.74 Å². The molecule has 1 heterocycles. The molecular formula is C46H54FN3O7. The number of amides is 1. The fourth-order valence-corrected chi connectivity index (χ4v) is 8.81. The quantitative estimate of drug-likeness (QED) is 0.0751. The Morgan fingerprint density at radius 1 is 1.05 bits per heavy atom. The number of hydrogen-bond acceptors (Lipinski definition) is 9. The second kappa shape index (κ2) is 18.1. The number of ether oxygens (including phenoxy) is 2. The van der Waals surface area contributed by atoms with E-state index >= 15 is 4.79 Å². The molecule has 3 N–H and O–H groups in total. The van der Waals surface area contributed by atoms with Gasteiger partial charge in [-0.1, -0.05) is 42.3 Å². The van der Waals surface area contributed by atoms with Crippen molar-refractivity contribution in [3.8, 4) is 17.6 Å². The number of aromatic hydroxyl groups is 1. The molecule has 10 nitrogen and oxygen atoms in total. The average molecular weight is 780 g/mol. The van der Waals surface area contributed by atoms with Crippen molar-refractivity contribution in [3.63, 3.8) is 0 Å². The number of hydrogen-bond donors (Lipinski definition) is 3. The summed E-state index contributed by atoms with van der Waals surface area (Å²) >= 11 is 0. The molecule has 3 aromatic rings. The van der Waals surface area contributed by atoms with Gasteiger partial charge in [-0.15, -0.1) is 6.58 Å². The highest BCUT2D eigenvalue weighted by atomic mass is 19.1. The van der Waals surface area contributed by atoms with Crippen molar-refractivity contribution in [1.29, 1.82) is 5.26 Å². The van der Waals surface area contributed by atoms with Crippen molar-refractivity contribution in [2.45, 2.75) is 95.6 Å². The maximum atomic E-state index is 15.1. The minimum Gasteiger partial charge on any atom is -0.508 e. The number of phenols is 1. The number of oxime groups is 1. The maximum absolute atomic E-state index is 15.1. The Bertz CT molecular complexity index is 1980. The van der Waals surface area contributed by atoms with Gasteiger partial charge in [-0.25, -0.2) is 4.39 Å². The minimum atomic E-state index is -1.52. The highest BCUT2D eigenvalue weighted by Crippen LogP contribution is 2.62. The molecule has 1 amide bonds.